The first-order valence-electron chi connectivity index (χ1n) is 10.4. The van der Waals surface area contributed by atoms with Gasteiger partial charge >= 0.3 is 0 Å². The molecule has 1 aromatic heterocycles. The molecule has 168 valence electrons. The molecule has 3 aliphatic heterocycles. The van der Waals surface area contributed by atoms with E-state index in [1.807, 2.05) is 28.0 Å². The van der Waals surface area contributed by atoms with Gasteiger partial charge in [-0.25, -0.2) is 0 Å². The first kappa shape index (κ1) is 24.9. The first-order chi connectivity index (χ1) is 13.5. The van der Waals surface area contributed by atoms with Crippen LogP contribution in [0.25, 0.3) is 0 Å². The highest BCUT2D eigenvalue weighted by molar-refractivity contribution is 5.85. The highest BCUT2D eigenvalue weighted by atomic mass is 35.5. The van der Waals surface area contributed by atoms with Crippen LogP contribution in [0.1, 0.15) is 37.8 Å². The van der Waals surface area contributed by atoms with Crippen LogP contribution in [0.3, 0.4) is 0 Å². The van der Waals surface area contributed by atoms with Crippen LogP contribution in [0.2, 0.25) is 0 Å². The van der Waals surface area contributed by atoms with Gasteiger partial charge in [0.1, 0.15) is 0 Å². The molecule has 3 aliphatic rings. The number of nitrogens with zero attached hydrogens (tertiary/aromatic N) is 3. The minimum absolute atomic E-state index is 0. The van der Waals surface area contributed by atoms with E-state index in [4.69, 9.17) is 0 Å². The van der Waals surface area contributed by atoms with Gasteiger partial charge in [-0.1, -0.05) is 6.07 Å². The fourth-order valence-corrected chi connectivity index (χ4v) is 4.84. The number of nitrogens with one attached hydrogen (secondary N) is 1. The van der Waals surface area contributed by atoms with Gasteiger partial charge in [-0.15, -0.1) is 24.8 Å². The van der Waals surface area contributed by atoms with Crippen molar-refractivity contribution in [1.29, 1.82) is 0 Å². The number of aromatic nitrogens is 1. The molecule has 0 saturated carbocycles. The second kappa shape index (κ2) is 10.8. The molecule has 2 N–H and O–H groups in total. The normalized spacial score (nSPS) is 25.6. The molecule has 1 spiro atoms. The molecule has 30 heavy (non-hydrogen) atoms. The smallest absolute Gasteiger partial charge is 0.239 e. The summed E-state index contributed by atoms with van der Waals surface area (Å²) < 4.78 is 0. The molecule has 3 saturated heterocycles. The largest absolute Gasteiger partial charge is 0.392 e. The van der Waals surface area contributed by atoms with E-state index in [2.05, 4.69) is 10.3 Å². The number of β-amino-alcohol motifs (C(OH)–C–C–N with tert-alkyl or cyclic N) is 1. The van der Waals surface area contributed by atoms with Crippen LogP contribution in [-0.4, -0.2) is 76.6 Å². The van der Waals surface area contributed by atoms with E-state index in [-0.39, 0.29) is 48.1 Å². The summed E-state index contributed by atoms with van der Waals surface area (Å²) in [5.41, 5.74) is 1.15. The third kappa shape index (κ3) is 5.63. The van der Waals surface area contributed by atoms with Crippen molar-refractivity contribution in [2.75, 3.05) is 32.7 Å². The van der Waals surface area contributed by atoms with E-state index in [1.54, 1.807) is 6.20 Å². The third-order valence-electron chi connectivity index (χ3n) is 6.65. The minimum atomic E-state index is -0.415. The molecule has 2 amide bonds. The van der Waals surface area contributed by atoms with Gasteiger partial charge in [0.05, 0.1) is 12.1 Å². The van der Waals surface area contributed by atoms with Crippen molar-refractivity contribution in [3.05, 3.63) is 30.1 Å². The van der Waals surface area contributed by atoms with Gasteiger partial charge in [0, 0.05) is 57.5 Å². The Morgan fingerprint density at radius 1 is 1.23 bits per heavy atom. The molecule has 0 bridgehead atoms. The Morgan fingerprint density at radius 3 is 2.63 bits per heavy atom. The van der Waals surface area contributed by atoms with Crippen LogP contribution in [0.15, 0.2) is 24.4 Å². The number of halogens is 2. The molecular weight excluding hydrogens is 427 g/mol. The predicted octanol–water partition coefficient (Wildman–Crippen LogP) is 1.42. The molecule has 7 nitrogen and oxygen atoms in total. The molecule has 9 heteroatoms. The summed E-state index contributed by atoms with van der Waals surface area (Å²) >= 11 is 0. The van der Waals surface area contributed by atoms with Crippen LogP contribution < -0.4 is 5.32 Å². The number of aliphatic hydroxyl groups is 1. The van der Waals surface area contributed by atoms with Gasteiger partial charge in [0.25, 0.3) is 0 Å². The number of pyridine rings is 1. The first-order valence-corrected chi connectivity index (χ1v) is 10.4. The van der Waals surface area contributed by atoms with Gasteiger partial charge < -0.3 is 20.2 Å². The maximum atomic E-state index is 12.7. The number of amides is 2. The Labute approximate surface area is 190 Å². The van der Waals surface area contributed by atoms with Crippen LogP contribution in [-0.2, 0) is 16.0 Å². The zero-order chi connectivity index (χ0) is 19.6. The van der Waals surface area contributed by atoms with E-state index in [9.17, 15) is 14.7 Å². The van der Waals surface area contributed by atoms with Crippen molar-refractivity contribution in [3.8, 4) is 0 Å². The van der Waals surface area contributed by atoms with Gasteiger partial charge in [-0.3, -0.25) is 14.6 Å². The van der Waals surface area contributed by atoms with Crippen molar-refractivity contribution in [3.63, 3.8) is 0 Å². The van der Waals surface area contributed by atoms with Crippen molar-refractivity contribution >= 4 is 36.6 Å². The molecular formula is C21H32Cl2N4O3. The molecule has 3 fully saturated rings. The molecule has 4 rings (SSSR count). The number of rotatable bonds is 4. The lowest BCUT2D eigenvalue weighted by Crippen LogP contribution is -2.54. The van der Waals surface area contributed by atoms with Gasteiger partial charge in [0.2, 0.25) is 11.8 Å². The van der Waals surface area contributed by atoms with Crippen molar-refractivity contribution < 1.29 is 14.7 Å². The summed E-state index contributed by atoms with van der Waals surface area (Å²) in [5.74, 6) is 0.356. The lowest BCUT2D eigenvalue weighted by Gasteiger charge is -2.47. The van der Waals surface area contributed by atoms with Gasteiger partial charge in [0.15, 0.2) is 0 Å². The number of hydrogen-bond acceptors (Lipinski definition) is 5. The summed E-state index contributed by atoms with van der Waals surface area (Å²) in [7, 11) is 0. The maximum absolute atomic E-state index is 12.7. The lowest BCUT2D eigenvalue weighted by atomic mass is 9.72. The molecule has 0 radical (unpaired) electrons. The van der Waals surface area contributed by atoms with Crippen molar-refractivity contribution in [1.82, 2.24) is 20.1 Å². The summed E-state index contributed by atoms with van der Waals surface area (Å²) in [4.78, 5) is 33.4. The molecule has 1 aromatic rings. The average molecular weight is 459 g/mol. The second-order valence-corrected chi connectivity index (χ2v) is 8.56. The summed E-state index contributed by atoms with van der Waals surface area (Å²) in [6.45, 7) is 3.50. The van der Waals surface area contributed by atoms with Crippen molar-refractivity contribution in [2.45, 2.75) is 50.7 Å². The second-order valence-electron chi connectivity index (χ2n) is 8.56. The van der Waals surface area contributed by atoms with Crippen LogP contribution >= 0.6 is 24.8 Å². The van der Waals surface area contributed by atoms with Gasteiger partial charge in [-0.2, -0.15) is 0 Å². The Balaban J connectivity index is 0.00000160. The Kier molecular flexibility index (Phi) is 8.91. The Bertz CT molecular complexity index is 713. The monoisotopic (exact) mass is 458 g/mol. The van der Waals surface area contributed by atoms with E-state index >= 15 is 0 Å². The summed E-state index contributed by atoms with van der Waals surface area (Å²) in [6.07, 6.45) is 6.09. The van der Waals surface area contributed by atoms with E-state index in [0.29, 0.717) is 25.9 Å². The fraction of sp³-hybridized carbons (Fsp3) is 0.667. The van der Waals surface area contributed by atoms with E-state index < -0.39 is 6.10 Å². The lowest BCUT2D eigenvalue weighted by molar-refractivity contribution is -0.143. The fourth-order valence-electron chi connectivity index (χ4n) is 4.84. The van der Waals surface area contributed by atoms with E-state index in [0.717, 1.165) is 51.0 Å². The number of likely N-dealkylation sites (tertiary alicyclic amines) is 2. The SMILES string of the molecule is Cl.Cl.O=C1CCC2(CCN(C(=O)[C@H]3C[C@H](O)CN3)CC2)CN1CCc1ccccn1. The summed E-state index contributed by atoms with van der Waals surface area (Å²) in [5, 5.41) is 12.8. The maximum Gasteiger partial charge on any atom is 0.239 e. The molecule has 2 atom stereocenters. The number of piperidine rings is 2. The molecule has 0 aliphatic carbocycles. The molecule has 4 heterocycles. The van der Waals surface area contributed by atoms with Gasteiger partial charge in [-0.05, 0) is 43.2 Å². The van der Waals surface area contributed by atoms with Crippen LogP contribution in [0.5, 0.6) is 0 Å². The Hall–Kier alpha value is -1.41. The number of carbonyl (C=O) groups is 2. The number of aliphatic hydroxyl groups excluding tert-OH is 1. The van der Waals surface area contributed by atoms with Crippen LogP contribution in [0.4, 0.5) is 0 Å². The highest BCUT2D eigenvalue weighted by Gasteiger charge is 2.42. The van der Waals surface area contributed by atoms with Crippen LogP contribution in [0, 0.1) is 5.41 Å². The third-order valence-corrected chi connectivity index (χ3v) is 6.65. The minimum Gasteiger partial charge on any atom is -0.392 e. The average Bonchev–Trinajstić information content (AvgIpc) is 3.16. The molecule has 0 unspecified atom stereocenters. The quantitative estimate of drug-likeness (QED) is 0.712. The predicted molar refractivity (Wildman–Crippen MR) is 119 cm³/mol. The van der Waals surface area contributed by atoms with Crippen molar-refractivity contribution in [2.24, 2.45) is 5.41 Å². The number of hydrogen-bond donors (Lipinski definition) is 2. The Morgan fingerprint density at radius 2 is 2.00 bits per heavy atom. The highest BCUT2D eigenvalue weighted by Crippen LogP contribution is 2.40. The molecule has 0 aromatic carbocycles. The standard InChI is InChI=1S/C21H30N4O3.2ClH/c26-17-13-18(23-14-17)20(28)24-11-7-21(8-12-24)6-4-19(27)25(15-21)10-5-16-3-1-2-9-22-16;;/h1-3,9,17-18,23,26H,4-8,10-15H2;2*1H/t17-,18+;;/m0../s1. The zero-order valence-corrected chi connectivity index (χ0v) is 18.8. The number of carbonyl (C=O) groups excluding carboxylic acids is 2. The van der Waals surface area contributed by atoms with E-state index in [1.165, 1.54) is 0 Å². The topological polar surface area (TPSA) is 85.8 Å². The summed E-state index contributed by atoms with van der Waals surface area (Å²) in [6, 6.07) is 5.64. The zero-order valence-electron chi connectivity index (χ0n) is 17.2.